The standard InChI is InChI=1S/C13H13FN2/c14-12-3-1-2-11(9-12)13(15)8-10-4-6-16-7-5-10/h1-7,9,13H,8,15H2. The van der Waals surface area contributed by atoms with Crippen LogP contribution >= 0.6 is 0 Å². The molecule has 2 aromatic rings. The predicted octanol–water partition coefficient (Wildman–Crippen LogP) is 2.46. The van der Waals surface area contributed by atoms with Gasteiger partial charge in [0.15, 0.2) is 0 Å². The van der Waals surface area contributed by atoms with Crippen molar-refractivity contribution in [2.45, 2.75) is 12.5 Å². The highest BCUT2D eigenvalue weighted by atomic mass is 19.1. The zero-order valence-corrected chi connectivity index (χ0v) is 8.81. The zero-order valence-electron chi connectivity index (χ0n) is 8.81. The van der Waals surface area contributed by atoms with Crippen molar-refractivity contribution < 1.29 is 4.39 Å². The van der Waals surface area contributed by atoms with E-state index in [1.807, 2.05) is 18.2 Å². The first-order valence-corrected chi connectivity index (χ1v) is 5.15. The molecule has 0 aliphatic carbocycles. The van der Waals surface area contributed by atoms with Crippen molar-refractivity contribution in [2.75, 3.05) is 0 Å². The van der Waals surface area contributed by atoms with Gasteiger partial charge in [0.05, 0.1) is 0 Å². The third-order valence-corrected chi connectivity index (χ3v) is 2.48. The van der Waals surface area contributed by atoms with Crippen molar-refractivity contribution in [2.24, 2.45) is 5.73 Å². The molecule has 82 valence electrons. The Morgan fingerprint density at radius 1 is 1.19 bits per heavy atom. The van der Waals surface area contributed by atoms with Gasteiger partial charge in [-0.3, -0.25) is 4.98 Å². The first kappa shape index (κ1) is 10.8. The molecule has 0 bridgehead atoms. The quantitative estimate of drug-likeness (QED) is 0.856. The number of aromatic nitrogens is 1. The number of rotatable bonds is 3. The molecule has 2 rings (SSSR count). The summed E-state index contributed by atoms with van der Waals surface area (Å²) in [5.41, 5.74) is 7.93. The molecule has 0 amide bonds. The van der Waals surface area contributed by atoms with Crippen LogP contribution in [-0.2, 0) is 6.42 Å². The van der Waals surface area contributed by atoms with E-state index in [4.69, 9.17) is 5.73 Å². The van der Waals surface area contributed by atoms with Gasteiger partial charge in [0.1, 0.15) is 5.82 Å². The van der Waals surface area contributed by atoms with Crippen LogP contribution in [0.4, 0.5) is 4.39 Å². The van der Waals surface area contributed by atoms with E-state index in [0.29, 0.717) is 6.42 Å². The maximum atomic E-state index is 13.0. The molecule has 0 fully saturated rings. The van der Waals surface area contributed by atoms with E-state index < -0.39 is 0 Å². The highest BCUT2D eigenvalue weighted by Crippen LogP contribution is 2.16. The monoisotopic (exact) mass is 216 g/mol. The highest BCUT2D eigenvalue weighted by molar-refractivity contribution is 5.22. The van der Waals surface area contributed by atoms with Crippen LogP contribution in [-0.4, -0.2) is 4.98 Å². The van der Waals surface area contributed by atoms with Crippen LogP contribution in [0.5, 0.6) is 0 Å². The minimum atomic E-state index is -0.248. The van der Waals surface area contributed by atoms with Gasteiger partial charge in [0.2, 0.25) is 0 Å². The van der Waals surface area contributed by atoms with E-state index in [0.717, 1.165) is 11.1 Å². The van der Waals surface area contributed by atoms with E-state index in [9.17, 15) is 4.39 Å². The molecule has 2 nitrogen and oxygen atoms in total. The zero-order chi connectivity index (χ0) is 11.4. The van der Waals surface area contributed by atoms with Crippen molar-refractivity contribution in [3.63, 3.8) is 0 Å². The van der Waals surface area contributed by atoms with Gasteiger partial charge in [0, 0.05) is 18.4 Å². The van der Waals surface area contributed by atoms with E-state index >= 15 is 0 Å². The molecule has 1 unspecified atom stereocenters. The average Bonchev–Trinajstić information content (AvgIpc) is 2.30. The van der Waals surface area contributed by atoms with E-state index in [2.05, 4.69) is 4.98 Å². The van der Waals surface area contributed by atoms with Gasteiger partial charge < -0.3 is 5.73 Å². The summed E-state index contributed by atoms with van der Waals surface area (Å²) in [6.07, 6.45) is 4.15. The predicted molar refractivity (Wildman–Crippen MR) is 61.3 cm³/mol. The Hall–Kier alpha value is -1.74. The molecular weight excluding hydrogens is 203 g/mol. The number of hydrogen-bond acceptors (Lipinski definition) is 2. The van der Waals surface area contributed by atoms with Crippen LogP contribution < -0.4 is 5.73 Å². The summed E-state index contributed by atoms with van der Waals surface area (Å²) in [4.78, 5) is 3.94. The van der Waals surface area contributed by atoms with Crippen molar-refractivity contribution in [1.82, 2.24) is 4.98 Å². The summed E-state index contributed by atoms with van der Waals surface area (Å²) in [7, 11) is 0. The summed E-state index contributed by atoms with van der Waals surface area (Å²) in [6.45, 7) is 0. The summed E-state index contributed by atoms with van der Waals surface area (Å²) >= 11 is 0. The highest BCUT2D eigenvalue weighted by Gasteiger charge is 2.07. The summed E-state index contributed by atoms with van der Waals surface area (Å²) in [5.74, 6) is -0.248. The largest absolute Gasteiger partial charge is 0.324 e. The first-order chi connectivity index (χ1) is 7.75. The maximum absolute atomic E-state index is 13.0. The number of nitrogens with zero attached hydrogens (tertiary/aromatic N) is 1. The van der Waals surface area contributed by atoms with Crippen LogP contribution in [0.3, 0.4) is 0 Å². The molecule has 0 saturated carbocycles. The van der Waals surface area contributed by atoms with E-state index in [1.165, 1.54) is 12.1 Å². The van der Waals surface area contributed by atoms with Crippen molar-refractivity contribution in [1.29, 1.82) is 0 Å². The Labute approximate surface area is 93.9 Å². The molecule has 1 aromatic heterocycles. The number of pyridine rings is 1. The Balaban J connectivity index is 2.12. The second kappa shape index (κ2) is 4.86. The maximum Gasteiger partial charge on any atom is 0.123 e. The molecule has 0 spiro atoms. The molecule has 1 atom stereocenters. The van der Waals surface area contributed by atoms with Crippen LogP contribution in [0.2, 0.25) is 0 Å². The fourth-order valence-electron chi connectivity index (χ4n) is 1.63. The number of benzene rings is 1. The Kier molecular flexibility index (Phi) is 3.27. The second-order valence-corrected chi connectivity index (χ2v) is 3.72. The van der Waals surface area contributed by atoms with Gasteiger partial charge in [-0.1, -0.05) is 12.1 Å². The Bertz CT molecular complexity index is 456. The van der Waals surface area contributed by atoms with Crippen molar-refractivity contribution in [3.05, 3.63) is 65.7 Å². The molecule has 1 aromatic carbocycles. The van der Waals surface area contributed by atoms with Gasteiger partial charge in [-0.25, -0.2) is 4.39 Å². The fraction of sp³-hybridized carbons (Fsp3) is 0.154. The molecule has 16 heavy (non-hydrogen) atoms. The molecule has 0 radical (unpaired) electrons. The lowest BCUT2D eigenvalue weighted by molar-refractivity contribution is 0.618. The minimum absolute atomic E-state index is 0.182. The van der Waals surface area contributed by atoms with Crippen LogP contribution in [0.25, 0.3) is 0 Å². The van der Waals surface area contributed by atoms with Crippen LogP contribution in [0.1, 0.15) is 17.2 Å². The Morgan fingerprint density at radius 2 is 1.94 bits per heavy atom. The van der Waals surface area contributed by atoms with Gasteiger partial charge in [-0.15, -0.1) is 0 Å². The fourth-order valence-corrected chi connectivity index (χ4v) is 1.63. The third kappa shape index (κ3) is 2.64. The molecule has 0 saturated heterocycles. The topological polar surface area (TPSA) is 38.9 Å². The summed E-state index contributed by atoms with van der Waals surface area (Å²) in [5, 5.41) is 0. The number of hydrogen-bond donors (Lipinski definition) is 1. The summed E-state index contributed by atoms with van der Waals surface area (Å²) < 4.78 is 13.0. The van der Waals surface area contributed by atoms with Crippen LogP contribution in [0, 0.1) is 5.82 Å². The van der Waals surface area contributed by atoms with E-state index in [-0.39, 0.29) is 11.9 Å². The lowest BCUT2D eigenvalue weighted by atomic mass is 10.0. The smallest absolute Gasteiger partial charge is 0.123 e. The van der Waals surface area contributed by atoms with Crippen LogP contribution in [0.15, 0.2) is 48.8 Å². The Morgan fingerprint density at radius 3 is 2.62 bits per heavy atom. The molecule has 1 heterocycles. The van der Waals surface area contributed by atoms with Gasteiger partial charge in [0.25, 0.3) is 0 Å². The summed E-state index contributed by atoms with van der Waals surface area (Å²) in [6, 6.07) is 10.1. The molecular formula is C13H13FN2. The molecule has 0 aliphatic rings. The molecule has 2 N–H and O–H groups in total. The molecule has 0 aliphatic heterocycles. The lowest BCUT2D eigenvalue weighted by Crippen LogP contribution is -2.13. The number of halogens is 1. The first-order valence-electron chi connectivity index (χ1n) is 5.15. The average molecular weight is 216 g/mol. The number of nitrogens with two attached hydrogens (primary N) is 1. The SMILES string of the molecule is NC(Cc1ccncc1)c1cccc(F)c1. The lowest BCUT2D eigenvalue weighted by Gasteiger charge is -2.11. The van der Waals surface area contributed by atoms with Crippen molar-refractivity contribution in [3.8, 4) is 0 Å². The van der Waals surface area contributed by atoms with Gasteiger partial charge in [-0.2, -0.15) is 0 Å². The van der Waals surface area contributed by atoms with Crippen molar-refractivity contribution >= 4 is 0 Å². The normalized spacial score (nSPS) is 12.4. The minimum Gasteiger partial charge on any atom is -0.324 e. The second-order valence-electron chi connectivity index (χ2n) is 3.72. The van der Waals surface area contributed by atoms with E-state index in [1.54, 1.807) is 18.5 Å². The van der Waals surface area contributed by atoms with Gasteiger partial charge >= 0.3 is 0 Å². The molecule has 3 heteroatoms. The van der Waals surface area contributed by atoms with Gasteiger partial charge in [-0.05, 0) is 41.8 Å². The third-order valence-electron chi connectivity index (χ3n) is 2.48.